The number of anilines is 1. The second-order valence-electron chi connectivity index (χ2n) is 4.38. The number of hydrogen-bond donors (Lipinski definition) is 4. The molecule has 1 aromatic carbocycles. The quantitative estimate of drug-likeness (QED) is 0.369. The van der Waals surface area contributed by atoms with E-state index in [1.165, 1.54) is 0 Å². The van der Waals surface area contributed by atoms with Gasteiger partial charge in [0.25, 0.3) is 5.91 Å². The predicted octanol–water partition coefficient (Wildman–Crippen LogP) is -1.21. The van der Waals surface area contributed by atoms with Crippen LogP contribution in [0.5, 0.6) is 0 Å². The first-order chi connectivity index (χ1) is 9.78. The number of nitrogen functional groups attached to an aromatic ring is 1. The summed E-state index contributed by atoms with van der Waals surface area (Å²) in [6, 6.07) is 6.27. The van der Waals surface area contributed by atoms with Crippen molar-refractivity contribution in [2.45, 2.75) is 6.42 Å². The van der Waals surface area contributed by atoms with Crippen LogP contribution in [-0.2, 0) is 14.8 Å². The number of sulfonamides is 1. The van der Waals surface area contributed by atoms with E-state index in [0.29, 0.717) is 11.3 Å². The van der Waals surface area contributed by atoms with Crippen LogP contribution in [0.4, 0.5) is 5.69 Å². The molecule has 0 saturated carbocycles. The Morgan fingerprint density at radius 1 is 1.10 bits per heavy atom. The Morgan fingerprint density at radius 2 is 1.71 bits per heavy atom. The second kappa shape index (κ2) is 7.60. The summed E-state index contributed by atoms with van der Waals surface area (Å²) in [7, 11) is -3.52. The van der Waals surface area contributed by atoms with Gasteiger partial charge in [0.05, 0.1) is 12.3 Å². The topological polar surface area (TPSA) is 144 Å². The maximum Gasteiger partial charge on any atom is 0.251 e. The SMILES string of the molecule is Nc1ccc(C(=O)NCC(=O)NCCCS(N)(=O)=O)cc1. The Labute approximate surface area is 122 Å². The normalized spacial score (nSPS) is 10.9. The van der Waals surface area contributed by atoms with Crippen LogP contribution in [-0.4, -0.2) is 39.1 Å². The number of rotatable bonds is 7. The minimum absolute atomic E-state index is 0.174. The Kier molecular flexibility index (Phi) is 6.12. The average Bonchev–Trinajstić information content (AvgIpc) is 2.41. The lowest BCUT2D eigenvalue weighted by Gasteiger charge is -2.07. The number of amides is 2. The van der Waals surface area contributed by atoms with Crippen LogP contribution < -0.4 is 21.5 Å². The first kappa shape index (κ1) is 16.9. The summed E-state index contributed by atoms with van der Waals surface area (Å²) < 4.78 is 21.3. The smallest absolute Gasteiger partial charge is 0.251 e. The molecule has 0 aliphatic carbocycles. The third kappa shape index (κ3) is 7.28. The summed E-state index contributed by atoms with van der Waals surface area (Å²) >= 11 is 0. The molecule has 8 nitrogen and oxygen atoms in total. The summed E-state index contributed by atoms with van der Waals surface area (Å²) in [5, 5.41) is 9.74. The number of nitrogens with one attached hydrogen (secondary N) is 2. The van der Waals surface area contributed by atoms with E-state index in [0.717, 1.165) is 0 Å². The molecular formula is C12H18N4O4S. The molecule has 21 heavy (non-hydrogen) atoms. The van der Waals surface area contributed by atoms with Crippen molar-refractivity contribution in [1.29, 1.82) is 0 Å². The van der Waals surface area contributed by atoms with E-state index >= 15 is 0 Å². The van der Waals surface area contributed by atoms with Gasteiger partial charge in [-0.3, -0.25) is 9.59 Å². The zero-order valence-corrected chi connectivity index (χ0v) is 12.2. The van der Waals surface area contributed by atoms with Gasteiger partial charge in [0.15, 0.2) is 0 Å². The molecule has 116 valence electrons. The molecule has 0 spiro atoms. The molecule has 6 N–H and O–H groups in total. The molecular weight excluding hydrogens is 296 g/mol. The second-order valence-corrected chi connectivity index (χ2v) is 6.11. The summed E-state index contributed by atoms with van der Waals surface area (Å²) in [5.74, 6) is -1.01. The van der Waals surface area contributed by atoms with Crippen molar-refractivity contribution in [3.8, 4) is 0 Å². The van der Waals surface area contributed by atoms with Gasteiger partial charge < -0.3 is 16.4 Å². The lowest BCUT2D eigenvalue weighted by atomic mass is 10.2. The van der Waals surface area contributed by atoms with Gasteiger partial charge in [0.1, 0.15) is 0 Å². The Bertz CT molecular complexity index is 598. The summed E-state index contributed by atoms with van der Waals surface area (Å²) in [5.41, 5.74) is 6.44. The molecule has 0 aliphatic rings. The number of hydrogen-bond acceptors (Lipinski definition) is 5. The standard InChI is InChI=1S/C12H18N4O4S/c13-10-4-2-9(3-5-10)12(18)16-8-11(17)15-6-1-7-21(14,19)20/h2-5H,1,6-8,13H2,(H,15,17)(H,16,18)(H2,14,19,20). The van der Waals surface area contributed by atoms with Gasteiger partial charge >= 0.3 is 0 Å². The van der Waals surface area contributed by atoms with Crippen LogP contribution >= 0.6 is 0 Å². The minimum atomic E-state index is -3.52. The van der Waals surface area contributed by atoms with Crippen LogP contribution in [0.25, 0.3) is 0 Å². The van der Waals surface area contributed by atoms with Gasteiger partial charge in [-0.1, -0.05) is 0 Å². The van der Waals surface area contributed by atoms with Gasteiger partial charge in [-0.15, -0.1) is 0 Å². The maximum absolute atomic E-state index is 11.7. The Morgan fingerprint density at radius 3 is 2.29 bits per heavy atom. The van der Waals surface area contributed by atoms with E-state index in [1.807, 2.05) is 0 Å². The van der Waals surface area contributed by atoms with E-state index in [-0.39, 0.29) is 25.3 Å². The molecule has 0 aromatic heterocycles. The molecule has 0 bridgehead atoms. The first-order valence-corrected chi connectivity index (χ1v) is 7.90. The van der Waals surface area contributed by atoms with Crippen molar-refractivity contribution < 1.29 is 18.0 Å². The molecule has 9 heteroatoms. The highest BCUT2D eigenvalue weighted by Crippen LogP contribution is 2.04. The molecule has 0 saturated heterocycles. The lowest BCUT2D eigenvalue weighted by Crippen LogP contribution is -2.37. The highest BCUT2D eigenvalue weighted by Gasteiger charge is 2.08. The fraction of sp³-hybridized carbons (Fsp3) is 0.333. The highest BCUT2D eigenvalue weighted by atomic mass is 32.2. The van der Waals surface area contributed by atoms with E-state index < -0.39 is 21.8 Å². The molecule has 0 heterocycles. The van der Waals surface area contributed by atoms with Gasteiger partial charge in [0, 0.05) is 17.8 Å². The van der Waals surface area contributed by atoms with Crippen molar-refractivity contribution in [2.24, 2.45) is 5.14 Å². The highest BCUT2D eigenvalue weighted by molar-refractivity contribution is 7.89. The molecule has 0 aliphatic heterocycles. The van der Waals surface area contributed by atoms with Gasteiger partial charge in [-0.05, 0) is 30.7 Å². The molecule has 2 amide bonds. The fourth-order valence-corrected chi connectivity index (χ4v) is 2.01. The van der Waals surface area contributed by atoms with Gasteiger partial charge in [0.2, 0.25) is 15.9 Å². The lowest BCUT2D eigenvalue weighted by molar-refractivity contribution is -0.120. The van der Waals surface area contributed by atoms with Crippen LogP contribution in [0.1, 0.15) is 16.8 Å². The molecule has 1 rings (SSSR count). The van der Waals surface area contributed by atoms with Crippen LogP contribution in [0.3, 0.4) is 0 Å². The number of carbonyl (C=O) groups excluding carboxylic acids is 2. The van der Waals surface area contributed by atoms with Crippen molar-refractivity contribution >= 4 is 27.5 Å². The summed E-state index contributed by atoms with van der Waals surface area (Å²) in [4.78, 5) is 23.1. The molecule has 0 fully saturated rings. The first-order valence-electron chi connectivity index (χ1n) is 6.19. The third-order valence-electron chi connectivity index (χ3n) is 2.51. The summed E-state index contributed by atoms with van der Waals surface area (Å²) in [6.45, 7) is -0.0222. The summed E-state index contributed by atoms with van der Waals surface area (Å²) in [6.07, 6.45) is 0.219. The number of carbonyl (C=O) groups is 2. The molecule has 0 unspecified atom stereocenters. The Hall–Kier alpha value is -2.13. The van der Waals surface area contributed by atoms with Gasteiger partial charge in [-0.2, -0.15) is 0 Å². The van der Waals surface area contributed by atoms with Gasteiger partial charge in [-0.25, -0.2) is 13.6 Å². The number of benzene rings is 1. The minimum Gasteiger partial charge on any atom is -0.399 e. The zero-order valence-electron chi connectivity index (χ0n) is 11.3. The van der Waals surface area contributed by atoms with Crippen molar-refractivity contribution in [2.75, 3.05) is 24.6 Å². The number of nitrogens with two attached hydrogens (primary N) is 2. The average molecular weight is 314 g/mol. The van der Waals surface area contributed by atoms with Crippen molar-refractivity contribution in [3.05, 3.63) is 29.8 Å². The van der Waals surface area contributed by atoms with E-state index in [2.05, 4.69) is 10.6 Å². The van der Waals surface area contributed by atoms with Crippen LogP contribution in [0.15, 0.2) is 24.3 Å². The maximum atomic E-state index is 11.7. The Balaban J connectivity index is 2.26. The van der Waals surface area contributed by atoms with Crippen LogP contribution in [0.2, 0.25) is 0 Å². The number of primary sulfonamides is 1. The predicted molar refractivity (Wildman–Crippen MR) is 78.8 cm³/mol. The molecule has 0 radical (unpaired) electrons. The van der Waals surface area contributed by atoms with Crippen molar-refractivity contribution in [1.82, 2.24) is 10.6 Å². The monoisotopic (exact) mass is 314 g/mol. The largest absolute Gasteiger partial charge is 0.399 e. The zero-order chi connectivity index (χ0) is 15.9. The van der Waals surface area contributed by atoms with E-state index in [4.69, 9.17) is 10.9 Å². The molecule has 0 atom stereocenters. The molecule has 1 aromatic rings. The van der Waals surface area contributed by atoms with E-state index in [9.17, 15) is 18.0 Å². The van der Waals surface area contributed by atoms with E-state index in [1.54, 1.807) is 24.3 Å². The van der Waals surface area contributed by atoms with Crippen LogP contribution in [0, 0.1) is 0 Å². The third-order valence-corrected chi connectivity index (χ3v) is 3.37. The fourth-order valence-electron chi connectivity index (χ4n) is 1.46. The van der Waals surface area contributed by atoms with Crippen molar-refractivity contribution in [3.63, 3.8) is 0 Å².